The highest BCUT2D eigenvalue weighted by Crippen LogP contribution is 2.23. The van der Waals surface area contributed by atoms with E-state index in [1.165, 1.54) is 0 Å². The van der Waals surface area contributed by atoms with Crippen molar-refractivity contribution in [3.8, 4) is 0 Å². The Morgan fingerprint density at radius 1 is 1.35 bits per heavy atom. The van der Waals surface area contributed by atoms with Crippen LogP contribution in [0.25, 0.3) is 10.8 Å². The Labute approximate surface area is 99.5 Å². The molecule has 0 spiro atoms. The molecular formula is C13H14N2O2. The van der Waals surface area contributed by atoms with Gasteiger partial charge in [-0.25, -0.2) is 4.98 Å². The molecule has 0 atom stereocenters. The van der Waals surface area contributed by atoms with Crippen molar-refractivity contribution >= 4 is 22.6 Å². The zero-order valence-electron chi connectivity index (χ0n) is 9.63. The normalized spacial score (nSPS) is 10.4. The van der Waals surface area contributed by atoms with Crippen molar-refractivity contribution in [2.24, 2.45) is 0 Å². The second-order valence-corrected chi connectivity index (χ2v) is 3.76. The zero-order valence-corrected chi connectivity index (χ0v) is 9.63. The molecule has 0 saturated carbocycles. The number of anilines is 1. The quantitative estimate of drug-likeness (QED) is 0.874. The first kappa shape index (κ1) is 11.4. The smallest absolute Gasteiger partial charge is 0.323 e. The van der Waals surface area contributed by atoms with Crippen LogP contribution in [0.3, 0.4) is 0 Å². The summed E-state index contributed by atoms with van der Waals surface area (Å²) >= 11 is 0. The lowest BCUT2D eigenvalue weighted by Crippen LogP contribution is -2.30. The number of hydrogen-bond donors (Lipinski definition) is 1. The number of benzene rings is 1. The lowest BCUT2D eigenvalue weighted by atomic mass is 10.1. The second kappa shape index (κ2) is 4.82. The summed E-state index contributed by atoms with van der Waals surface area (Å²) in [4.78, 5) is 16.9. The first-order valence-electron chi connectivity index (χ1n) is 5.53. The van der Waals surface area contributed by atoms with E-state index in [9.17, 15) is 4.79 Å². The summed E-state index contributed by atoms with van der Waals surface area (Å²) in [7, 11) is 0. The lowest BCUT2D eigenvalue weighted by Gasteiger charge is -2.21. The van der Waals surface area contributed by atoms with E-state index >= 15 is 0 Å². The van der Waals surface area contributed by atoms with Gasteiger partial charge in [-0.2, -0.15) is 0 Å². The highest BCUT2D eigenvalue weighted by atomic mass is 16.4. The average Bonchev–Trinajstić information content (AvgIpc) is 2.35. The fraction of sp³-hybridized carbons (Fsp3) is 0.231. The van der Waals surface area contributed by atoms with Gasteiger partial charge in [-0.15, -0.1) is 0 Å². The van der Waals surface area contributed by atoms with Gasteiger partial charge in [-0.05, 0) is 18.4 Å². The Bertz CT molecular complexity index is 534. The number of carboxylic acid groups (broad SMARTS) is 1. The molecule has 1 heterocycles. The van der Waals surface area contributed by atoms with Crippen LogP contribution in [0.15, 0.2) is 36.5 Å². The summed E-state index contributed by atoms with van der Waals surface area (Å²) in [6.07, 6.45) is 1.71. The molecule has 1 aromatic heterocycles. The molecule has 4 nitrogen and oxygen atoms in total. The molecule has 0 amide bonds. The SMILES string of the molecule is CCN(CC(=O)O)c1nccc2ccccc12. The fourth-order valence-electron chi connectivity index (χ4n) is 1.86. The van der Waals surface area contributed by atoms with Crippen LogP contribution < -0.4 is 4.90 Å². The molecule has 0 fully saturated rings. The third-order valence-electron chi connectivity index (χ3n) is 2.66. The van der Waals surface area contributed by atoms with Crippen LogP contribution in [0.1, 0.15) is 6.92 Å². The maximum absolute atomic E-state index is 10.8. The Kier molecular flexibility index (Phi) is 3.23. The van der Waals surface area contributed by atoms with Crippen LogP contribution in [-0.2, 0) is 4.79 Å². The number of fused-ring (bicyclic) bond motifs is 1. The zero-order chi connectivity index (χ0) is 12.3. The van der Waals surface area contributed by atoms with Crippen molar-refractivity contribution in [2.45, 2.75) is 6.92 Å². The van der Waals surface area contributed by atoms with Gasteiger partial charge in [-0.1, -0.05) is 24.3 Å². The van der Waals surface area contributed by atoms with Gasteiger partial charge >= 0.3 is 5.97 Å². The van der Waals surface area contributed by atoms with Crippen LogP contribution in [0.4, 0.5) is 5.82 Å². The van der Waals surface area contributed by atoms with Gasteiger partial charge in [0.1, 0.15) is 12.4 Å². The van der Waals surface area contributed by atoms with E-state index in [-0.39, 0.29) is 6.54 Å². The number of aromatic nitrogens is 1. The number of pyridine rings is 1. The summed E-state index contributed by atoms with van der Waals surface area (Å²) in [5.41, 5.74) is 0. The van der Waals surface area contributed by atoms with E-state index in [2.05, 4.69) is 4.98 Å². The van der Waals surface area contributed by atoms with Crippen LogP contribution in [0.5, 0.6) is 0 Å². The molecule has 0 bridgehead atoms. The van der Waals surface area contributed by atoms with Gasteiger partial charge in [-0.3, -0.25) is 4.79 Å². The van der Waals surface area contributed by atoms with Crippen molar-refractivity contribution in [3.05, 3.63) is 36.5 Å². The average molecular weight is 230 g/mol. The van der Waals surface area contributed by atoms with Gasteiger partial charge < -0.3 is 10.0 Å². The number of hydrogen-bond acceptors (Lipinski definition) is 3. The molecule has 17 heavy (non-hydrogen) atoms. The molecule has 0 aliphatic rings. The Hall–Kier alpha value is -2.10. The van der Waals surface area contributed by atoms with Gasteiger partial charge in [0.15, 0.2) is 0 Å². The Morgan fingerprint density at radius 3 is 2.82 bits per heavy atom. The molecule has 0 aliphatic carbocycles. The Morgan fingerprint density at radius 2 is 2.12 bits per heavy atom. The largest absolute Gasteiger partial charge is 0.480 e. The van der Waals surface area contributed by atoms with Gasteiger partial charge in [0.25, 0.3) is 0 Å². The van der Waals surface area contributed by atoms with E-state index in [1.54, 1.807) is 11.1 Å². The van der Waals surface area contributed by atoms with Crippen LogP contribution in [0.2, 0.25) is 0 Å². The van der Waals surface area contributed by atoms with E-state index in [4.69, 9.17) is 5.11 Å². The standard InChI is InChI=1S/C13H14N2O2/c1-2-15(9-12(16)17)13-11-6-4-3-5-10(11)7-8-14-13/h3-8H,2,9H2,1H3,(H,16,17). The van der Waals surface area contributed by atoms with Gasteiger partial charge in [0.2, 0.25) is 0 Å². The maximum atomic E-state index is 10.8. The first-order valence-corrected chi connectivity index (χ1v) is 5.53. The number of nitrogens with zero attached hydrogens (tertiary/aromatic N) is 2. The number of aliphatic carboxylic acids is 1. The highest BCUT2D eigenvalue weighted by Gasteiger charge is 2.12. The first-order chi connectivity index (χ1) is 8.22. The molecule has 1 aromatic carbocycles. The third kappa shape index (κ3) is 2.36. The minimum Gasteiger partial charge on any atom is -0.480 e. The number of carboxylic acids is 1. The monoisotopic (exact) mass is 230 g/mol. The topological polar surface area (TPSA) is 53.4 Å². The summed E-state index contributed by atoms with van der Waals surface area (Å²) in [6.45, 7) is 2.51. The predicted octanol–water partition coefficient (Wildman–Crippen LogP) is 2.15. The van der Waals surface area contributed by atoms with Crippen LogP contribution in [0, 0.1) is 0 Å². The molecule has 0 unspecified atom stereocenters. The molecule has 0 saturated heterocycles. The second-order valence-electron chi connectivity index (χ2n) is 3.76. The minimum absolute atomic E-state index is 0.0303. The van der Waals surface area contributed by atoms with Gasteiger partial charge in [0.05, 0.1) is 0 Å². The predicted molar refractivity (Wildman–Crippen MR) is 67.3 cm³/mol. The minimum atomic E-state index is -0.846. The third-order valence-corrected chi connectivity index (χ3v) is 2.66. The lowest BCUT2D eigenvalue weighted by molar-refractivity contribution is -0.135. The molecule has 88 valence electrons. The summed E-state index contributed by atoms with van der Waals surface area (Å²) in [5.74, 6) is -0.116. The maximum Gasteiger partial charge on any atom is 0.323 e. The number of carbonyl (C=O) groups is 1. The molecule has 0 aliphatic heterocycles. The van der Waals surface area contributed by atoms with Crippen molar-refractivity contribution in [1.29, 1.82) is 0 Å². The number of likely N-dealkylation sites (N-methyl/N-ethyl adjacent to an activating group) is 1. The molecule has 2 aromatic rings. The van der Waals surface area contributed by atoms with Crippen molar-refractivity contribution in [1.82, 2.24) is 4.98 Å². The highest BCUT2D eigenvalue weighted by molar-refractivity contribution is 5.93. The molecule has 0 radical (unpaired) electrons. The van der Waals surface area contributed by atoms with Crippen LogP contribution in [-0.4, -0.2) is 29.1 Å². The van der Waals surface area contributed by atoms with E-state index in [1.807, 2.05) is 37.3 Å². The molecule has 1 N–H and O–H groups in total. The Balaban J connectivity index is 2.49. The summed E-state index contributed by atoms with van der Waals surface area (Å²) < 4.78 is 0. The van der Waals surface area contributed by atoms with E-state index in [0.717, 1.165) is 16.6 Å². The summed E-state index contributed by atoms with van der Waals surface area (Å²) in [6, 6.07) is 9.77. The molecule has 2 rings (SSSR count). The van der Waals surface area contributed by atoms with Crippen molar-refractivity contribution in [2.75, 3.05) is 18.0 Å². The molecular weight excluding hydrogens is 216 g/mol. The molecule has 4 heteroatoms. The number of rotatable bonds is 4. The van der Waals surface area contributed by atoms with Gasteiger partial charge in [0, 0.05) is 18.1 Å². The van der Waals surface area contributed by atoms with E-state index in [0.29, 0.717) is 6.54 Å². The van der Waals surface area contributed by atoms with Crippen molar-refractivity contribution in [3.63, 3.8) is 0 Å². The van der Waals surface area contributed by atoms with E-state index < -0.39 is 5.97 Å². The fourth-order valence-corrected chi connectivity index (χ4v) is 1.86. The van der Waals surface area contributed by atoms with Crippen LogP contribution >= 0.6 is 0 Å². The summed E-state index contributed by atoms with van der Waals surface area (Å²) in [5, 5.41) is 10.9. The van der Waals surface area contributed by atoms with Crippen molar-refractivity contribution < 1.29 is 9.90 Å².